The number of nitrogen functional groups attached to an aromatic ring is 1. The number of hydrogen-bond acceptors (Lipinski definition) is 3. The second-order valence-electron chi connectivity index (χ2n) is 4.59. The van der Waals surface area contributed by atoms with E-state index in [-0.39, 0.29) is 18.0 Å². The summed E-state index contributed by atoms with van der Waals surface area (Å²) in [7, 11) is 0. The van der Waals surface area contributed by atoms with Crippen LogP contribution in [0.4, 0.5) is 11.4 Å². The molecule has 0 unspecified atom stereocenters. The molecule has 0 spiro atoms. The van der Waals surface area contributed by atoms with Crippen LogP contribution in [-0.4, -0.2) is 15.0 Å². The number of carbonyl (C=O) groups excluding carboxylic acids is 1. The number of nitrogens with one attached hydrogen (secondary N) is 1. The number of halogens is 1. The molecule has 0 aliphatic rings. The van der Waals surface area contributed by atoms with Crippen molar-refractivity contribution in [1.82, 2.24) is 9.13 Å². The minimum Gasteiger partial charge on any atom is -0.397 e. The fraction of sp³-hybridized carbons (Fsp3) is 0.286. The van der Waals surface area contributed by atoms with Gasteiger partial charge in [0.25, 0.3) is 0 Å². The Morgan fingerprint density at radius 1 is 1.33 bits per heavy atom. The van der Waals surface area contributed by atoms with E-state index in [9.17, 15) is 9.59 Å². The van der Waals surface area contributed by atoms with Gasteiger partial charge < -0.3 is 11.1 Å². The van der Waals surface area contributed by atoms with Crippen molar-refractivity contribution < 1.29 is 4.79 Å². The lowest BCUT2D eigenvalue weighted by atomic mass is 10.2. The van der Waals surface area contributed by atoms with Gasteiger partial charge in [0.05, 0.1) is 11.4 Å². The summed E-state index contributed by atoms with van der Waals surface area (Å²) >= 11 is 5.86. The minimum atomic E-state index is -0.222. The number of nitrogens with zero attached hydrogens (tertiary/aromatic N) is 2. The van der Waals surface area contributed by atoms with Crippen molar-refractivity contribution in [2.75, 3.05) is 11.1 Å². The van der Waals surface area contributed by atoms with E-state index >= 15 is 0 Å². The molecular weight excluding hydrogens is 292 g/mol. The number of benzene rings is 1. The van der Waals surface area contributed by atoms with E-state index in [2.05, 4.69) is 5.32 Å². The van der Waals surface area contributed by atoms with Crippen molar-refractivity contribution in [3.05, 3.63) is 46.1 Å². The van der Waals surface area contributed by atoms with Crippen molar-refractivity contribution in [1.29, 1.82) is 0 Å². The summed E-state index contributed by atoms with van der Waals surface area (Å²) in [5, 5.41) is 3.19. The second-order valence-corrected chi connectivity index (χ2v) is 5.03. The summed E-state index contributed by atoms with van der Waals surface area (Å²) in [5.74, 6) is -0.222. The lowest BCUT2D eigenvalue weighted by Gasteiger charge is -2.08. The average Bonchev–Trinajstić information content (AvgIpc) is 2.81. The van der Waals surface area contributed by atoms with Gasteiger partial charge >= 0.3 is 5.69 Å². The Labute approximate surface area is 127 Å². The van der Waals surface area contributed by atoms with Gasteiger partial charge in [-0.25, -0.2) is 4.79 Å². The molecule has 0 bridgehead atoms. The van der Waals surface area contributed by atoms with Crippen LogP contribution in [0.15, 0.2) is 35.4 Å². The quantitative estimate of drug-likeness (QED) is 0.828. The second kappa shape index (κ2) is 6.49. The van der Waals surface area contributed by atoms with E-state index in [1.54, 1.807) is 35.2 Å². The highest BCUT2D eigenvalue weighted by molar-refractivity contribution is 6.31. The van der Waals surface area contributed by atoms with Gasteiger partial charge in [0.15, 0.2) is 0 Å². The summed E-state index contributed by atoms with van der Waals surface area (Å²) in [6.07, 6.45) is 3.56. The van der Waals surface area contributed by atoms with Gasteiger partial charge in [-0.1, -0.05) is 11.6 Å². The first-order chi connectivity index (χ1) is 10.0. The van der Waals surface area contributed by atoms with E-state index in [0.29, 0.717) is 29.5 Å². The summed E-state index contributed by atoms with van der Waals surface area (Å²) in [6, 6.07) is 4.87. The molecule has 2 aromatic rings. The maximum absolute atomic E-state index is 11.9. The van der Waals surface area contributed by atoms with E-state index in [1.165, 1.54) is 4.57 Å². The predicted molar refractivity (Wildman–Crippen MR) is 83.5 cm³/mol. The molecule has 2 rings (SSSR count). The highest BCUT2D eigenvalue weighted by Gasteiger charge is 2.08. The van der Waals surface area contributed by atoms with Gasteiger partial charge in [0.1, 0.15) is 0 Å². The zero-order valence-electron chi connectivity index (χ0n) is 11.7. The monoisotopic (exact) mass is 308 g/mol. The number of anilines is 2. The molecule has 112 valence electrons. The third-order valence-corrected chi connectivity index (χ3v) is 3.36. The number of carbonyl (C=O) groups is 1. The third kappa shape index (κ3) is 3.66. The molecule has 0 saturated carbocycles. The number of hydrogen-bond donors (Lipinski definition) is 2. The number of rotatable bonds is 5. The number of nitrogens with two attached hydrogens (primary N) is 1. The van der Waals surface area contributed by atoms with Crippen LogP contribution in [0.2, 0.25) is 5.02 Å². The topological polar surface area (TPSA) is 82.1 Å². The SMILES string of the molecule is CCn1ccn(CCC(=O)Nc2cc(Cl)ccc2N)c1=O. The van der Waals surface area contributed by atoms with Gasteiger partial charge in [0, 0.05) is 36.9 Å². The van der Waals surface area contributed by atoms with Gasteiger partial charge in [0.2, 0.25) is 5.91 Å². The summed E-state index contributed by atoms with van der Waals surface area (Å²) < 4.78 is 3.08. The fourth-order valence-corrected chi connectivity index (χ4v) is 2.11. The van der Waals surface area contributed by atoms with E-state index in [4.69, 9.17) is 17.3 Å². The van der Waals surface area contributed by atoms with Crippen LogP contribution in [-0.2, 0) is 17.9 Å². The van der Waals surface area contributed by atoms with Crippen LogP contribution in [0.5, 0.6) is 0 Å². The van der Waals surface area contributed by atoms with Crippen LogP contribution < -0.4 is 16.7 Å². The molecule has 0 saturated heterocycles. The summed E-state index contributed by atoms with van der Waals surface area (Å²) in [4.78, 5) is 23.7. The van der Waals surface area contributed by atoms with Gasteiger partial charge in [-0.05, 0) is 25.1 Å². The first kappa shape index (κ1) is 15.2. The molecule has 1 aromatic heterocycles. The Hall–Kier alpha value is -2.21. The number of aryl methyl sites for hydroxylation is 2. The normalized spacial score (nSPS) is 10.6. The van der Waals surface area contributed by atoms with E-state index in [0.717, 1.165) is 0 Å². The summed E-state index contributed by atoms with van der Waals surface area (Å²) in [6.45, 7) is 2.82. The van der Waals surface area contributed by atoms with Crippen LogP contribution in [0.25, 0.3) is 0 Å². The van der Waals surface area contributed by atoms with Crippen LogP contribution in [0.1, 0.15) is 13.3 Å². The maximum Gasteiger partial charge on any atom is 0.328 e. The van der Waals surface area contributed by atoms with Crippen LogP contribution in [0, 0.1) is 0 Å². The highest BCUT2D eigenvalue weighted by Crippen LogP contribution is 2.22. The third-order valence-electron chi connectivity index (χ3n) is 3.13. The minimum absolute atomic E-state index is 0.118. The lowest BCUT2D eigenvalue weighted by Crippen LogP contribution is -2.25. The smallest absolute Gasteiger partial charge is 0.328 e. The average molecular weight is 309 g/mol. The zero-order valence-corrected chi connectivity index (χ0v) is 12.4. The summed E-state index contributed by atoms with van der Waals surface area (Å²) in [5.41, 5.74) is 6.56. The Balaban J connectivity index is 1.97. The Kier molecular flexibility index (Phi) is 4.70. The molecule has 6 nitrogen and oxygen atoms in total. The molecular formula is C14H17ClN4O2. The first-order valence-electron chi connectivity index (χ1n) is 6.61. The highest BCUT2D eigenvalue weighted by atomic mass is 35.5. The Morgan fingerprint density at radius 2 is 2.05 bits per heavy atom. The molecule has 0 aliphatic carbocycles. The largest absolute Gasteiger partial charge is 0.397 e. The van der Waals surface area contributed by atoms with Crippen molar-refractivity contribution in [2.45, 2.75) is 26.4 Å². The lowest BCUT2D eigenvalue weighted by molar-refractivity contribution is -0.116. The molecule has 0 fully saturated rings. The number of amides is 1. The van der Waals surface area contributed by atoms with Crippen molar-refractivity contribution >= 4 is 28.9 Å². The Bertz CT molecular complexity index is 705. The zero-order chi connectivity index (χ0) is 15.4. The first-order valence-corrected chi connectivity index (χ1v) is 6.99. The van der Waals surface area contributed by atoms with Gasteiger partial charge in [-0.2, -0.15) is 0 Å². The molecule has 0 aliphatic heterocycles. The predicted octanol–water partition coefficient (Wildman–Crippen LogP) is 1.93. The number of aromatic nitrogens is 2. The number of imidazole rings is 1. The maximum atomic E-state index is 11.9. The van der Waals surface area contributed by atoms with E-state index in [1.807, 2.05) is 6.92 Å². The van der Waals surface area contributed by atoms with Gasteiger partial charge in [-0.15, -0.1) is 0 Å². The van der Waals surface area contributed by atoms with E-state index < -0.39 is 0 Å². The fourth-order valence-electron chi connectivity index (χ4n) is 1.94. The van der Waals surface area contributed by atoms with Crippen LogP contribution >= 0.6 is 11.6 Å². The molecule has 0 radical (unpaired) electrons. The molecule has 21 heavy (non-hydrogen) atoms. The molecule has 1 amide bonds. The molecule has 3 N–H and O–H groups in total. The Morgan fingerprint density at radius 3 is 2.71 bits per heavy atom. The van der Waals surface area contributed by atoms with Crippen molar-refractivity contribution in [2.24, 2.45) is 0 Å². The molecule has 1 heterocycles. The molecule has 1 aromatic carbocycles. The van der Waals surface area contributed by atoms with Gasteiger partial charge in [-0.3, -0.25) is 13.9 Å². The van der Waals surface area contributed by atoms with Crippen molar-refractivity contribution in [3.8, 4) is 0 Å². The standard InChI is InChI=1S/C14H17ClN4O2/c1-2-18-7-8-19(14(18)21)6-5-13(20)17-12-9-10(15)3-4-11(12)16/h3-4,7-9H,2,5-6,16H2,1H3,(H,17,20). The van der Waals surface area contributed by atoms with Crippen LogP contribution in [0.3, 0.4) is 0 Å². The molecule has 7 heteroatoms. The van der Waals surface area contributed by atoms with Crippen molar-refractivity contribution in [3.63, 3.8) is 0 Å². The molecule has 0 atom stereocenters.